The standard InChI is InChI=1S/C7H13N5S/c1-3-12-5-10-11-6(12)4-9-7(13)8-2/h5H,3-4H2,1-2H3,(H2,8,9,13). The van der Waals surface area contributed by atoms with E-state index in [1.165, 1.54) is 0 Å². The summed E-state index contributed by atoms with van der Waals surface area (Å²) in [7, 11) is 1.78. The summed E-state index contributed by atoms with van der Waals surface area (Å²) in [5.74, 6) is 0.889. The van der Waals surface area contributed by atoms with Crippen LogP contribution in [-0.2, 0) is 13.1 Å². The Morgan fingerprint density at radius 3 is 3.08 bits per heavy atom. The summed E-state index contributed by atoms with van der Waals surface area (Å²) >= 11 is 4.93. The van der Waals surface area contributed by atoms with Crippen LogP contribution < -0.4 is 10.6 Å². The summed E-state index contributed by atoms with van der Waals surface area (Å²) in [5, 5.41) is 14.2. The molecular formula is C7H13N5S. The lowest BCUT2D eigenvalue weighted by Gasteiger charge is -2.06. The molecule has 2 N–H and O–H groups in total. The van der Waals surface area contributed by atoms with E-state index in [2.05, 4.69) is 20.8 Å². The zero-order valence-electron chi connectivity index (χ0n) is 7.74. The third-order valence-electron chi connectivity index (χ3n) is 1.67. The first-order valence-corrected chi connectivity index (χ1v) is 4.51. The topological polar surface area (TPSA) is 54.8 Å². The van der Waals surface area contributed by atoms with E-state index in [9.17, 15) is 0 Å². The zero-order chi connectivity index (χ0) is 9.68. The van der Waals surface area contributed by atoms with Crippen molar-refractivity contribution in [3.05, 3.63) is 12.2 Å². The Morgan fingerprint density at radius 2 is 2.46 bits per heavy atom. The third-order valence-corrected chi connectivity index (χ3v) is 2.02. The van der Waals surface area contributed by atoms with E-state index in [0.717, 1.165) is 12.4 Å². The van der Waals surface area contributed by atoms with Gasteiger partial charge in [-0.1, -0.05) is 0 Å². The normalized spacial score (nSPS) is 9.69. The molecule has 0 aliphatic carbocycles. The van der Waals surface area contributed by atoms with E-state index >= 15 is 0 Å². The Labute approximate surface area is 82.5 Å². The number of aryl methyl sites for hydroxylation is 1. The van der Waals surface area contributed by atoms with E-state index in [1.54, 1.807) is 13.4 Å². The summed E-state index contributed by atoms with van der Waals surface area (Å²) in [6, 6.07) is 0. The second-order valence-electron chi connectivity index (χ2n) is 2.47. The van der Waals surface area contributed by atoms with Crippen molar-refractivity contribution in [1.82, 2.24) is 25.4 Å². The van der Waals surface area contributed by atoms with Gasteiger partial charge in [0.1, 0.15) is 6.33 Å². The van der Waals surface area contributed by atoms with Gasteiger partial charge in [0, 0.05) is 13.6 Å². The lowest BCUT2D eigenvalue weighted by atomic mass is 10.5. The van der Waals surface area contributed by atoms with Gasteiger partial charge < -0.3 is 15.2 Å². The Kier molecular flexibility index (Phi) is 3.63. The molecule has 1 aromatic rings. The minimum absolute atomic E-state index is 0.605. The summed E-state index contributed by atoms with van der Waals surface area (Å²) in [4.78, 5) is 0. The quantitative estimate of drug-likeness (QED) is 0.665. The molecule has 1 heterocycles. The first-order chi connectivity index (χ1) is 6.27. The van der Waals surface area contributed by atoms with Crippen LogP contribution in [0.25, 0.3) is 0 Å². The molecule has 0 aromatic carbocycles. The number of nitrogens with zero attached hydrogens (tertiary/aromatic N) is 3. The van der Waals surface area contributed by atoms with Crippen molar-refractivity contribution < 1.29 is 0 Å². The molecule has 0 atom stereocenters. The van der Waals surface area contributed by atoms with Crippen molar-refractivity contribution in [3.8, 4) is 0 Å². The molecule has 13 heavy (non-hydrogen) atoms. The predicted molar refractivity (Wildman–Crippen MR) is 54.2 cm³/mol. The van der Waals surface area contributed by atoms with Gasteiger partial charge in [-0.05, 0) is 19.1 Å². The number of rotatable bonds is 3. The van der Waals surface area contributed by atoms with Crippen molar-refractivity contribution in [2.24, 2.45) is 0 Å². The molecule has 0 saturated carbocycles. The van der Waals surface area contributed by atoms with Gasteiger partial charge in [0.2, 0.25) is 0 Å². The number of hydrogen-bond donors (Lipinski definition) is 2. The maximum Gasteiger partial charge on any atom is 0.166 e. The first kappa shape index (κ1) is 9.91. The molecular weight excluding hydrogens is 186 g/mol. The lowest BCUT2D eigenvalue weighted by molar-refractivity contribution is 0.677. The summed E-state index contributed by atoms with van der Waals surface area (Å²) in [6.07, 6.45) is 1.71. The van der Waals surface area contributed by atoms with Crippen molar-refractivity contribution >= 4 is 17.3 Å². The van der Waals surface area contributed by atoms with Crippen LogP contribution in [-0.4, -0.2) is 26.9 Å². The molecule has 0 bridgehead atoms. The van der Waals surface area contributed by atoms with Crippen LogP contribution in [0, 0.1) is 0 Å². The highest BCUT2D eigenvalue weighted by molar-refractivity contribution is 7.80. The SMILES string of the molecule is CCn1cnnc1CNC(=S)NC. The predicted octanol–water partition coefficient (Wildman–Crippen LogP) is -0.108. The maximum absolute atomic E-state index is 4.93. The van der Waals surface area contributed by atoms with Gasteiger partial charge in [-0.2, -0.15) is 0 Å². The molecule has 0 saturated heterocycles. The summed E-state index contributed by atoms with van der Waals surface area (Å²) in [6.45, 7) is 3.52. The molecule has 0 spiro atoms. The molecule has 5 nitrogen and oxygen atoms in total. The van der Waals surface area contributed by atoms with Crippen molar-refractivity contribution in [2.45, 2.75) is 20.0 Å². The zero-order valence-corrected chi connectivity index (χ0v) is 8.56. The smallest absolute Gasteiger partial charge is 0.166 e. The van der Waals surface area contributed by atoms with E-state index < -0.39 is 0 Å². The Balaban J connectivity index is 2.49. The van der Waals surface area contributed by atoms with Gasteiger partial charge in [0.15, 0.2) is 10.9 Å². The second-order valence-corrected chi connectivity index (χ2v) is 2.87. The van der Waals surface area contributed by atoms with Crippen LogP contribution in [0.15, 0.2) is 6.33 Å². The molecule has 0 fully saturated rings. The van der Waals surface area contributed by atoms with Gasteiger partial charge in [-0.15, -0.1) is 10.2 Å². The first-order valence-electron chi connectivity index (χ1n) is 4.10. The van der Waals surface area contributed by atoms with E-state index in [1.807, 2.05) is 11.5 Å². The Morgan fingerprint density at radius 1 is 1.69 bits per heavy atom. The number of nitrogens with one attached hydrogen (secondary N) is 2. The minimum Gasteiger partial charge on any atom is -0.366 e. The van der Waals surface area contributed by atoms with Gasteiger partial charge in [0.05, 0.1) is 6.54 Å². The van der Waals surface area contributed by atoms with Crippen LogP contribution in [0.2, 0.25) is 0 Å². The average Bonchev–Trinajstić information content (AvgIpc) is 2.61. The monoisotopic (exact) mass is 199 g/mol. The van der Waals surface area contributed by atoms with E-state index in [0.29, 0.717) is 11.7 Å². The molecule has 0 aliphatic rings. The fraction of sp³-hybridized carbons (Fsp3) is 0.571. The Bertz CT molecular complexity index is 282. The largest absolute Gasteiger partial charge is 0.366 e. The molecule has 1 aromatic heterocycles. The minimum atomic E-state index is 0.605. The van der Waals surface area contributed by atoms with Gasteiger partial charge in [0.25, 0.3) is 0 Å². The van der Waals surface area contributed by atoms with Crippen LogP contribution in [0.4, 0.5) is 0 Å². The molecule has 1 rings (SSSR count). The fourth-order valence-electron chi connectivity index (χ4n) is 0.928. The summed E-state index contributed by atoms with van der Waals surface area (Å²) in [5.41, 5.74) is 0. The number of thiocarbonyl (C=S) groups is 1. The lowest BCUT2D eigenvalue weighted by Crippen LogP contribution is -2.32. The highest BCUT2D eigenvalue weighted by Crippen LogP contribution is 1.93. The van der Waals surface area contributed by atoms with Crippen molar-refractivity contribution in [2.75, 3.05) is 7.05 Å². The maximum atomic E-state index is 4.93. The van der Waals surface area contributed by atoms with Gasteiger partial charge >= 0.3 is 0 Å². The highest BCUT2D eigenvalue weighted by atomic mass is 32.1. The van der Waals surface area contributed by atoms with Crippen molar-refractivity contribution in [1.29, 1.82) is 0 Å². The highest BCUT2D eigenvalue weighted by Gasteiger charge is 2.01. The Hall–Kier alpha value is -1.17. The molecule has 6 heteroatoms. The van der Waals surface area contributed by atoms with E-state index in [4.69, 9.17) is 12.2 Å². The van der Waals surface area contributed by atoms with Crippen LogP contribution in [0.5, 0.6) is 0 Å². The molecule has 0 radical (unpaired) electrons. The van der Waals surface area contributed by atoms with Crippen LogP contribution >= 0.6 is 12.2 Å². The van der Waals surface area contributed by atoms with Crippen LogP contribution in [0.1, 0.15) is 12.7 Å². The second kappa shape index (κ2) is 4.76. The van der Waals surface area contributed by atoms with Crippen LogP contribution in [0.3, 0.4) is 0 Å². The van der Waals surface area contributed by atoms with Crippen molar-refractivity contribution in [3.63, 3.8) is 0 Å². The molecule has 72 valence electrons. The van der Waals surface area contributed by atoms with Gasteiger partial charge in [-0.3, -0.25) is 0 Å². The molecule has 0 aliphatic heterocycles. The summed E-state index contributed by atoms with van der Waals surface area (Å²) < 4.78 is 1.96. The third kappa shape index (κ3) is 2.66. The number of aromatic nitrogens is 3. The van der Waals surface area contributed by atoms with E-state index in [-0.39, 0.29) is 0 Å². The average molecular weight is 199 g/mol. The number of hydrogen-bond acceptors (Lipinski definition) is 3. The fourth-order valence-corrected chi connectivity index (χ4v) is 1.000. The molecule has 0 unspecified atom stereocenters. The van der Waals surface area contributed by atoms with Gasteiger partial charge in [-0.25, -0.2) is 0 Å². The molecule has 0 amide bonds.